The van der Waals surface area contributed by atoms with Gasteiger partial charge in [0, 0.05) is 0 Å². The van der Waals surface area contributed by atoms with Crippen LogP contribution in [0.3, 0.4) is 0 Å². The second-order valence-corrected chi connectivity index (χ2v) is 1.84. The van der Waals surface area contributed by atoms with E-state index in [2.05, 4.69) is 22.9 Å². The van der Waals surface area contributed by atoms with E-state index in [1.165, 1.54) is 0 Å². The van der Waals surface area contributed by atoms with E-state index in [0.717, 1.165) is 0 Å². The van der Waals surface area contributed by atoms with E-state index < -0.39 is 29.3 Å². The van der Waals surface area contributed by atoms with Crippen molar-refractivity contribution in [3.8, 4) is 0 Å². The fourth-order valence-corrected chi connectivity index (χ4v) is 0.710. The molecule has 2 rings (SSSR count). The minimum Gasteiger partial charge on any atom is -0.833 e. The van der Waals surface area contributed by atoms with Crippen LogP contribution < -0.4 is 10.0 Å². The summed E-state index contributed by atoms with van der Waals surface area (Å²) in [4.78, 5) is 0. The molecule has 2 heterocycles. The molecule has 0 aromatic heterocycles. The van der Waals surface area contributed by atoms with Crippen LogP contribution in [0.4, 0.5) is 0 Å². The third-order valence-electron chi connectivity index (χ3n) is 1.11. The predicted octanol–water partition coefficient (Wildman–Crippen LogP) is -4.24. The zero-order chi connectivity index (χ0) is 7.84. The van der Waals surface area contributed by atoms with E-state index >= 15 is 0 Å². The van der Waals surface area contributed by atoms with Gasteiger partial charge in [-0.25, -0.2) is 0 Å². The van der Waals surface area contributed by atoms with Crippen LogP contribution in [0.15, 0.2) is 0 Å². The Balaban J connectivity index is 0.000000720. The molecule has 0 aromatic carbocycles. The first-order valence-electron chi connectivity index (χ1n) is 2.83. The normalized spacial score (nSPS) is 22.5. The second-order valence-electron chi connectivity index (χ2n) is 1.84. The Morgan fingerprint density at radius 3 is 1.33 bits per heavy atom. The standard InChI is InChI=1S/B4O7.Yb/c5-1-7-3-9-2(6)10-4(8-1)11-3;/q-2;+2. The molecule has 68 valence electrons. The maximum Gasteiger partial charge on any atom is 2.00 e. The summed E-state index contributed by atoms with van der Waals surface area (Å²) in [6, 6.07) is 0. The maximum absolute atomic E-state index is 10.5. The molecule has 2 aliphatic rings. The monoisotopic (exact) mass is 330 g/mol. The van der Waals surface area contributed by atoms with Crippen molar-refractivity contribution in [3.63, 3.8) is 0 Å². The number of hydrogen-bond acceptors (Lipinski definition) is 7. The number of hydrogen-bond donors (Lipinski definition) is 0. The Morgan fingerprint density at radius 2 is 1.00 bits per heavy atom. The summed E-state index contributed by atoms with van der Waals surface area (Å²) in [7, 11) is -6.00. The van der Waals surface area contributed by atoms with Crippen LogP contribution in [0.1, 0.15) is 0 Å². The van der Waals surface area contributed by atoms with Crippen molar-refractivity contribution in [2.45, 2.75) is 0 Å². The van der Waals surface area contributed by atoms with E-state index in [-0.39, 0.29) is 46.9 Å². The quantitative estimate of drug-likeness (QED) is 0.416. The van der Waals surface area contributed by atoms with Crippen molar-refractivity contribution in [1.29, 1.82) is 0 Å². The Morgan fingerprint density at radius 1 is 0.667 bits per heavy atom. The molecule has 0 atom stereocenters. The van der Waals surface area contributed by atoms with Crippen LogP contribution in [-0.2, 0) is 22.9 Å². The zero-order valence-corrected chi connectivity index (χ0v) is 7.15. The van der Waals surface area contributed by atoms with Gasteiger partial charge in [-0.15, -0.1) is 0 Å². The molecule has 2 saturated heterocycles. The molecule has 0 aliphatic carbocycles. The molecule has 0 saturated carbocycles. The van der Waals surface area contributed by atoms with Crippen LogP contribution in [0.2, 0.25) is 0 Å². The minimum absolute atomic E-state index is 0. The van der Waals surface area contributed by atoms with E-state index in [1.54, 1.807) is 0 Å². The SMILES string of the molecule is [O-]B1OB2OB([O-])OB(O1)O2.[Yb+2]. The molecule has 12 heavy (non-hydrogen) atoms. The second kappa shape index (κ2) is 4.83. The summed E-state index contributed by atoms with van der Waals surface area (Å²) >= 11 is 0. The molecule has 0 aromatic rings. The minimum atomic E-state index is -1.73. The van der Waals surface area contributed by atoms with Crippen LogP contribution >= 0.6 is 0 Å². The average Bonchev–Trinajstić information content (AvgIpc) is 1.82. The molecule has 0 unspecified atom stereocenters. The molecule has 0 radical (unpaired) electrons. The number of fused-ring (bicyclic) bond motifs is 2. The van der Waals surface area contributed by atoms with E-state index in [9.17, 15) is 10.0 Å². The molecular formula is B4O7Yb. The van der Waals surface area contributed by atoms with Gasteiger partial charge in [-0.1, -0.05) is 0 Å². The third kappa shape index (κ3) is 2.74. The van der Waals surface area contributed by atoms with Crippen LogP contribution in [-0.4, -0.2) is 29.3 Å². The third-order valence-corrected chi connectivity index (χ3v) is 1.11. The molecule has 0 spiro atoms. The van der Waals surface area contributed by atoms with Gasteiger partial charge in [0.1, 0.15) is 0 Å². The van der Waals surface area contributed by atoms with Gasteiger partial charge in [0.25, 0.3) is 0 Å². The summed E-state index contributed by atoms with van der Waals surface area (Å²) in [5.74, 6) is 0. The van der Waals surface area contributed by atoms with Gasteiger partial charge < -0.3 is 32.9 Å². The van der Waals surface area contributed by atoms with Gasteiger partial charge in [0.05, 0.1) is 0 Å². The van der Waals surface area contributed by atoms with Crippen LogP contribution in [0.5, 0.6) is 0 Å². The first kappa shape index (κ1) is 11.6. The van der Waals surface area contributed by atoms with Crippen molar-refractivity contribution in [1.82, 2.24) is 0 Å². The van der Waals surface area contributed by atoms with E-state index in [0.29, 0.717) is 0 Å². The van der Waals surface area contributed by atoms with Crippen molar-refractivity contribution in [2.24, 2.45) is 0 Å². The maximum atomic E-state index is 10.5. The first-order chi connectivity index (χ1) is 5.24. The Hall–Kier alpha value is 1.50. The average molecular weight is 328 g/mol. The molecule has 12 heteroatoms. The topological polar surface area (TPSA) is 92.3 Å². The number of rotatable bonds is 0. The molecule has 2 aliphatic heterocycles. The fraction of sp³-hybridized carbons (Fsp3) is 0. The molecule has 2 fully saturated rings. The predicted molar refractivity (Wildman–Crippen MR) is 28.4 cm³/mol. The van der Waals surface area contributed by atoms with Gasteiger partial charge in [0.15, 0.2) is 0 Å². The first-order valence-corrected chi connectivity index (χ1v) is 2.83. The molecule has 7 nitrogen and oxygen atoms in total. The summed E-state index contributed by atoms with van der Waals surface area (Å²) in [5, 5.41) is 21.0. The Kier molecular flexibility index (Phi) is 4.66. The zero-order valence-electron chi connectivity index (χ0n) is 5.43. The summed E-state index contributed by atoms with van der Waals surface area (Å²) in [6.45, 7) is 0. The summed E-state index contributed by atoms with van der Waals surface area (Å²) in [5.41, 5.74) is 0. The van der Waals surface area contributed by atoms with Crippen molar-refractivity contribution in [3.05, 3.63) is 0 Å². The van der Waals surface area contributed by atoms with Gasteiger partial charge in [0.2, 0.25) is 0 Å². The van der Waals surface area contributed by atoms with Crippen molar-refractivity contribution in [2.75, 3.05) is 0 Å². The Bertz CT molecular complexity index is 121. The van der Waals surface area contributed by atoms with Crippen LogP contribution in [0.25, 0.3) is 0 Å². The van der Waals surface area contributed by atoms with Gasteiger partial charge >= 0.3 is 76.2 Å². The Labute approximate surface area is 108 Å². The van der Waals surface area contributed by atoms with E-state index in [4.69, 9.17) is 0 Å². The van der Waals surface area contributed by atoms with Gasteiger partial charge in [-0.05, 0) is 0 Å². The largest absolute Gasteiger partial charge is 2.00 e. The van der Waals surface area contributed by atoms with Gasteiger partial charge in [-0.3, -0.25) is 0 Å². The van der Waals surface area contributed by atoms with Crippen molar-refractivity contribution < 1.29 is 79.8 Å². The smallest absolute Gasteiger partial charge is 0.833 e. The van der Waals surface area contributed by atoms with E-state index in [1.807, 2.05) is 0 Å². The molecule has 0 N–H and O–H groups in total. The molecule has 0 amide bonds. The summed E-state index contributed by atoms with van der Waals surface area (Å²) in [6.07, 6.45) is 0. The molecule has 2 bridgehead atoms. The fourth-order valence-electron chi connectivity index (χ4n) is 0.710. The summed E-state index contributed by atoms with van der Waals surface area (Å²) < 4.78 is 21.9. The van der Waals surface area contributed by atoms with Crippen molar-refractivity contribution >= 4 is 29.3 Å². The van der Waals surface area contributed by atoms with Crippen LogP contribution in [0, 0.1) is 46.9 Å². The molecular weight excluding hydrogens is 328 g/mol. The van der Waals surface area contributed by atoms with Gasteiger partial charge in [-0.2, -0.15) is 0 Å².